The van der Waals surface area contributed by atoms with Gasteiger partial charge in [0.1, 0.15) is 0 Å². The van der Waals surface area contributed by atoms with Gasteiger partial charge >= 0.3 is 0 Å². The Morgan fingerprint density at radius 3 is 2.13 bits per heavy atom. The van der Waals surface area contributed by atoms with Crippen LogP contribution in [0.5, 0.6) is 0 Å². The van der Waals surface area contributed by atoms with Crippen LogP contribution in [0.4, 0.5) is 0 Å². The van der Waals surface area contributed by atoms with E-state index in [-0.39, 0.29) is 29.4 Å². The second-order valence-corrected chi connectivity index (χ2v) is 18.7. The molecule has 0 aliphatic carbocycles. The van der Waals surface area contributed by atoms with Crippen molar-refractivity contribution in [2.75, 3.05) is 5.75 Å². The number of carbonyl (C=O) groups is 2. The molecule has 1 unspecified atom stereocenters. The number of benzene rings is 3. The van der Waals surface area contributed by atoms with Crippen LogP contribution in [0.3, 0.4) is 0 Å². The van der Waals surface area contributed by atoms with Crippen LogP contribution in [-0.2, 0) is 29.3 Å². The molecule has 47 heavy (non-hydrogen) atoms. The lowest BCUT2D eigenvalue weighted by atomic mass is 9.66. The monoisotopic (exact) mass is 719 g/mol. The van der Waals surface area contributed by atoms with Gasteiger partial charge in [-0.25, -0.2) is 17.4 Å². The molecule has 8 nitrogen and oxygen atoms in total. The number of halogens is 2. The van der Waals surface area contributed by atoms with Crippen LogP contribution in [0.15, 0.2) is 77.7 Å². The van der Waals surface area contributed by atoms with Crippen molar-refractivity contribution >= 4 is 54.8 Å². The van der Waals surface area contributed by atoms with E-state index >= 15 is 0 Å². The van der Waals surface area contributed by atoms with Crippen LogP contribution >= 0.6 is 23.2 Å². The molecule has 3 aromatic carbocycles. The lowest BCUT2D eigenvalue weighted by Crippen LogP contribution is -2.59. The van der Waals surface area contributed by atoms with E-state index in [0.29, 0.717) is 10.0 Å². The van der Waals surface area contributed by atoms with Gasteiger partial charge in [0.2, 0.25) is 11.8 Å². The van der Waals surface area contributed by atoms with E-state index in [1.807, 2.05) is 51.1 Å². The second-order valence-electron chi connectivity index (χ2n) is 13.4. The topological polar surface area (TPSA) is 124 Å². The van der Waals surface area contributed by atoms with E-state index in [4.69, 9.17) is 28.0 Å². The summed E-state index contributed by atoms with van der Waals surface area (Å²) in [5.74, 6) is -2.06. The van der Waals surface area contributed by atoms with Crippen molar-refractivity contribution in [3.8, 4) is 0 Å². The minimum atomic E-state index is -3.71. The number of sulfone groups is 1. The Morgan fingerprint density at radius 2 is 1.57 bits per heavy atom. The smallest absolute Gasteiger partial charge is 0.233 e. The van der Waals surface area contributed by atoms with Crippen molar-refractivity contribution in [3.05, 3.63) is 99.5 Å². The van der Waals surface area contributed by atoms with E-state index in [0.717, 1.165) is 16.7 Å². The summed E-state index contributed by atoms with van der Waals surface area (Å²) in [6.45, 7) is 10.6. The molecule has 4 rings (SSSR count). The summed E-state index contributed by atoms with van der Waals surface area (Å²) < 4.78 is 51.1. The van der Waals surface area contributed by atoms with Crippen molar-refractivity contribution in [1.29, 1.82) is 4.78 Å². The van der Waals surface area contributed by atoms with E-state index in [1.165, 1.54) is 12.1 Å². The summed E-state index contributed by atoms with van der Waals surface area (Å²) in [5.41, 5.74) is 1.15. The lowest BCUT2D eigenvalue weighted by Gasteiger charge is -2.53. The molecule has 0 bridgehead atoms. The van der Waals surface area contributed by atoms with Gasteiger partial charge in [-0.05, 0) is 80.6 Å². The van der Waals surface area contributed by atoms with Gasteiger partial charge in [0.25, 0.3) is 0 Å². The standard InChI is InChI=1S/C35H43Cl2N3O5S2/c1-22(2)31(21-46(43,44)23(3)4)40-33(25-12-14-27(36)15-13-25)30(26-8-7-9-28(37)18-26)19-35(6,34(40)42)20-32(41)39-47(38,45)29-16-10-24(5)11-17-29/h7-18,22-23,30-31,33H,19-21H2,1-6H3,(H2,38,39,41,45)/t30-,31-,33-,35-,47?/m1/s1. The van der Waals surface area contributed by atoms with Gasteiger partial charge in [-0.2, -0.15) is 0 Å². The van der Waals surface area contributed by atoms with Crippen LogP contribution in [-0.4, -0.2) is 46.4 Å². The molecular weight excluding hydrogens is 677 g/mol. The van der Waals surface area contributed by atoms with Crippen molar-refractivity contribution < 1.29 is 22.2 Å². The zero-order valence-electron chi connectivity index (χ0n) is 27.5. The van der Waals surface area contributed by atoms with Gasteiger partial charge in [0.05, 0.1) is 27.4 Å². The van der Waals surface area contributed by atoms with Crippen molar-refractivity contribution in [2.24, 2.45) is 11.3 Å². The minimum absolute atomic E-state index is 0.150. The number of nitrogens with zero attached hydrogens (tertiary/aromatic N) is 1. The third kappa shape index (κ3) is 8.39. The number of likely N-dealkylation sites (tertiary alicyclic amines) is 1. The molecule has 1 heterocycles. The maximum absolute atomic E-state index is 14.9. The van der Waals surface area contributed by atoms with Gasteiger partial charge < -0.3 is 4.90 Å². The predicted octanol–water partition coefficient (Wildman–Crippen LogP) is 7.74. The Morgan fingerprint density at radius 1 is 0.957 bits per heavy atom. The number of rotatable bonds is 11. The van der Waals surface area contributed by atoms with Crippen LogP contribution < -0.4 is 4.72 Å². The van der Waals surface area contributed by atoms with Crippen molar-refractivity contribution in [3.63, 3.8) is 0 Å². The molecule has 5 atom stereocenters. The summed E-state index contributed by atoms with van der Waals surface area (Å²) in [5, 5.41) is 0.346. The number of nitrogens with one attached hydrogen (secondary N) is 2. The molecule has 0 spiro atoms. The Bertz CT molecular complexity index is 1830. The molecule has 2 N–H and O–H groups in total. The number of amides is 2. The third-order valence-corrected chi connectivity index (χ3v) is 13.2. The van der Waals surface area contributed by atoms with Crippen molar-refractivity contribution in [1.82, 2.24) is 9.62 Å². The van der Waals surface area contributed by atoms with Gasteiger partial charge in [0.15, 0.2) is 19.8 Å². The maximum Gasteiger partial charge on any atom is 0.233 e. The fraction of sp³-hybridized carbons (Fsp3) is 0.429. The maximum atomic E-state index is 14.9. The van der Waals surface area contributed by atoms with Crippen LogP contribution in [0.2, 0.25) is 10.0 Å². The summed E-state index contributed by atoms with van der Waals surface area (Å²) >= 11 is 12.8. The molecule has 0 aromatic heterocycles. The number of carbonyl (C=O) groups excluding carboxylic acids is 2. The molecule has 12 heteroatoms. The molecular formula is C35H43Cl2N3O5S2. The Hall–Kier alpha value is -2.92. The van der Waals surface area contributed by atoms with Gasteiger partial charge in [-0.3, -0.25) is 14.3 Å². The third-order valence-electron chi connectivity index (χ3n) is 9.00. The molecule has 3 aromatic rings. The highest BCUT2D eigenvalue weighted by Gasteiger charge is 2.53. The molecule has 2 amide bonds. The normalized spacial score (nSPS) is 22.3. The van der Waals surface area contributed by atoms with E-state index in [2.05, 4.69) is 4.72 Å². The molecule has 0 radical (unpaired) electrons. The zero-order chi connectivity index (χ0) is 34.9. The number of hydrogen-bond donors (Lipinski definition) is 2. The number of piperidine rings is 1. The highest BCUT2D eigenvalue weighted by atomic mass is 35.5. The largest absolute Gasteiger partial charge is 0.330 e. The Balaban J connectivity index is 1.86. The zero-order valence-corrected chi connectivity index (χ0v) is 30.6. The van der Waals surface area contributed by atoms with Gasteiger partial charge in [0, 0.05) is 28.4 Å². The summed E-state index contributed by atoms with van der Waals surface area (Å²) in [4.78, 5) is 30.4. The first-order valence-electron chi connectivity index (χ1n) is 15.6. The summed E-state index contributed by atoms with van der Waals surface area (Å²) in [6, 6.07) is 19.6. The van der Waals surface area contributed by atoms with E-state index in [9.17, 15) is 22.2 Å². The molecule has 1 aliphatic rings. The highest BCUT2D eigenvalue weighted by molar-refractivity contribution is 7.92. The molecule has 1 saturated heterocycles. The average Bonchev–Trinajstić information content (AvgIpc) is 2.97. The number of hydrogen-bond acceptors (Lipinski definition) is 6. The fourth-order valence-electron chi connectivity index (χ4n) is 6.28. The molecule has 0 saturated carbocycles. The first kappa shape index (κ1) is 36.9. The van der Waals surface area contributed by atoms with Crippen LogP contribution in [0, 0.1) is 23.0 Å². The average molecular weight is 721 g/mol. The van der Waals surface area contributed by atoms with E-state index < -0.39 is 60.2 Å². The summed E-state index contributed by atoms with van der Waals surface area (Å²) in [6.07, 6.45) is -0.162. The predicted molar refractivity (Wildman–Crippen MR) is 189 cm³/mol. The molecule has 1 fully saturated rings. The first-order chi connectivity index (χ1) is 21.8. The highest BCUT2D eigenvalue weighted by Crippen LogP contribution is 2.52. The fourth-order valence-corrected chi connectivity index (χ4v) is 9.04. The second kappa shape index (κ2) is 14.3. The molecule has 1 aliphatic heterocycles. The minimum Gasteiger partial charge on any atom is -0.330 e. The Kier molecular flexibility index (Phi) is 11.2. The van der Waals surface area contributed by atoms with E-state index in [1.54, 1.807) is 56.0 Å². The summed E-state index contributed by atoms with van der Waals surface area (Å²) in [7, 11) is -7.32. The van der Waals surface area contributed by atoms with Crippen LogP contribution in [0.25, 0.3) is 0 Å². The van der Waals surface area contributed by atoms with Crippen molar-refractivity contribution in [2.45, 2.75) is 82.5 Å². The van der Waals surface area contributed by atoms with Gasteiger partial charge in [-0.1, -0.05) is 85.9 Å². The quantitative estimate of drug-likeness (QED) is 0.210. The SMILES string of the molecule is Cc1ccc(S(=N)(=O)NC(=O)C[C@@]2(C)C[C@H](c3cccc(Cl)c3)[C@@H](c3ccc(Cl)cc3)N([C@H](CS(=O)(=O)C(C)C)C(C)C)C2=O)cc1. The van der Waals surface area contributed by atoms with Gasteiger partial charge in [-0.15, -0.1) is 0 Å². The van der Waals surface area contributed by atoms with Crippen LogP contribution in [0.1, 0.15) is 76.1 Å². The lowest BCUT2D eigenvalue weighted by molar-refractivity contribution is -0.157. The molecule has 254 valence electrons. The Labute approximate surface area is 289 Å². The first-order valence-corrected chi connectivity index (χ1v) is 19.6. The number of aryl methyl sites for hydroxylation is 1.